The molecule has 2 heterocycles. The second-order valence-corrected chi connectivity index (χ2v) is 7.11. The summed E-state index contributed by atoms with van der Waals surface area (Å²) < 4.78 is 13.1. The van der Waals surface area contributed by atoms with E-state index in [1.54, 1.807) is 0 Å². The Hall–Kier alpha value is -1.42. The minimum Gasteiger partial charge on any atom is -0.339 e. The van der Waals surface area contributed by atoms with Gasteiger partial charge in [0, 0.05) is 24.9 Å². The Morgan fingerprint density at radius 1 is 1.26 bits per heavy atom. The van der Waals surface area contributed by atoms with Gasteiger partial charge in [0.2, 0.25) is 5.91 Å². The van der Waals surface area contributed by atoms with Crippen LogP contribution in [0.5, 0.6) is 0 Å². The number of piperidine rings is 1. The van der Waals surface area contributed by atoms with E-state index in [1.165, 1.54) is 25.0 Å². The second kappa shape index (κ2) is 7.43. The summed E-state index contributed by atoms with van der Waals surface area (Å²) in [6.45, 7) is 5.08. The molecule has 3 rings (SSSR count). The third kappa shape index (κ3) is 4.11. The van der Waals surface area contributed by atoms with E-state index < -0.39 is 0 Å². The molecule has 2 aliphatic heterocycles. The fourth-order valence-corrected chi connectivity index (χ4v) is 4.00. The van der Waals surface area contributed by atoms with Crippen molar-refractivity contribution in [1.29, 1.82) is 0 Å². The van der Waals surface area contributed by atoms with Crippen molar-refractivity contribution in [2.75, 3.05) is 19.6 Å². The van der Waals surface area contributed by atoms with E-state index in [4.69, 9.17) is 0 Å². The maximum Gasteiger partial charge on any atom is 0.222 e. The topological polar surface area (TPSA) is 32.3 Å². The predicted molar refractivity (Wildman–Crippen MR) is 89.8 cm³/mol. The van der Waals surface area contributed by atoms with E-state index in [0.717, 1.165) is 38.0 Å². The Morgan fingerprint density at radius 2 is 1.96 bits per heavy atom. The lowest BCUT2D eigenvalue weighted by Gasteiger charge is -2.25. The lowest BCUT2D eigenvalue weighted by molar-refractivity contribution is -0.132. The van der Waals surface area contributed by atoms with Gasteiger partial charge in [-0.1, -0.05) is 12.1 Å². The van der Waals surface area contributed by atoms with E-state index in [9.17, 15) is 9.18 Å². The molecule has 126 valence electrons. The Morgan fingerprint density at radius 3 is 2.65 bits per heavy atom. The first-order valence-electron chi connectivity index (χ1n) is 8.89. The molecule has 1 amide bonds. The molecule has 2 saturated heterocycles. The molecule has 2 fully saturated rings. The zero-order valence-electron chi connectivity index (χ0n) is 13.9. The summed E-state index contributed by atoms with van der Waals surface area (Å²) in [5, 5.41) is 3.37. The summed E-state index contributed by atoms with van der Waals surface area (Å²) in [4.78, 5) is 14.6. The number of carbonyl (C=O) groups excluding carboxylic acids is 1. The van der Waals surface area contributed by atoms with Gasteiger partial charge in [0.1, 0.15) is 5.82 Å². The van der Waals surface area contributed by atoms with Crippen LogP contribution in [0.25, 0.3) is 0 Å². The van der Waals surface area contributed by atoms with Crippen LogP contribution in [0, 0.1) is 11.7 Å². The van der Waals surface area contributed by atoms with Crippen molar-refractivity contribution in [2.45, 2.75) is 51.0 Å². The highest BCUT2D eigenvalue weighted by Crippen LogP contribution is 2.32. The fraction of sp³-hybridized carbons (Fsp3) is 0.632. The Bertz CT molecular complexity index is 525. The Kier molecular flexibility index (Phi) is 5.31. The van der Waals surface area contributed by atoms with Crippen LogP contribution in [0.15, 0.2) is 24.3 Å². The van der Waals surface area contributed by atoms with Crippen molar-refractivity contribution in [3.05, 3.63) is 35.6 Å². The maximum atomic E-state index is 13.1. The highest BCUT2D eigenvalue weighted by molar-refractivity contribution is 5.77. The van der Waals surface area contributed by atoms with Crippen LogP contribution in [-0.2, 0) is 4.79 Å². The number of halogens is 1. The molecule has 0 aliphatic carbocycles. The van der Waals surface area contributed by atoms with Crippen LogP contribution in [0.3, 0.4) is 0 Å². The Labute approximate surface area is 138 Å². The van der Waals surface area contributed by atoms with Crippen LogP contribution in [0.1, 0.15) is 50.5 Å². The number of carbonyl (C=O) groups is 1. The highest BCUT2D eigenvalue weighted by Gasteiger charge is 2.33. The van der Waals surface area contributed by atoms with E-state index in [0.29, 0.717) is 24.2 Å². The van der Waals surface area contributed by atoms with Gasteiger partial charge in [0.15, 0.2) is 0 Å². The molecule has 4 heteroatoms. The van der Waals surface area contributed by atoms with Crippen LogP contribution >= 0.6 is 0 Å². The minimum atomic E-state index is -0.199. The average Bonchev–Trinajstić information content (AvgIpc) is 2.96. The number of hydrogen-bond donors (Lipinski definition) is 1. The van der Waals surface area contributed by atoms with Crippen LogP contribution < -0.4 is 5.32 Å². The van der Waals surface area contributed by atoms with Gasteiger partial charge in [-0.2, -0.15) is 0 Å². The highest BCUT2D eigenvalue weighted by atomic mass is 19.1. The number of nitrogens with one attached hydrogen (secondary N) is 1. The lowest BCUT2D eigenvalue weighted by Crippen LogP contribution is -2.34. The molecule has 0 radical (unpaired) electrons. The van der Waals surface area contributed by atoms with Crippen LogP contribution in [0.2, 0.25) is 0 Å². The molecule has 23 heavy (non-hydrogen) atoms. The monoisotopic (exact) mass is 318 g/mol. The van der Waals surface area contributed by atoms with Crippen molar-refractivity contribution in [3.63, 3.8) is 0 Å². The molecule has 2 aliphatic rings. The molecule has 2 atom stereocenters. The first kappa shape index (κ1) is 16.4. The molecule has 0 bridgehead atoms. The van der Waals surface area contributed by atoms with Gasteiger partial charge in [0.25, 0.3) is 0 Å². The summed E-state index contributed by atoms with van der Waals surface area (Å²) in [5.41, 5.74) is 1.15. The molecular weight excluding hydrogens is 291 g/mol. The predicted octanol–water partition coefficient (Wildman–Crippen LogP) is 3.31. The molecule has 1 aromatic carbocycles. The Balaban J connectivity index is 1.53. The first-order chi connectivity index (χ1) is 11.1. The van der Waals surface area contributed by atoms with Crippen molar-refractivity contribution in [3.8, 4) is 0 Å². The van der Waals surface area contributed by atoms with Crippen molar-refractivity contribution >= 4 is 5.91 Å². The summed E-state index contributed by atoms with van der Waals surface area (Å²) in [5.74, 6) is 1.13. The zero-order chi connectivity index (χ0) is 16.2. The summed E-state index contributed by atoms with van der Waals surface area (Å²) in [7, 11) is 0. The van der Waals surface area contributed by atoms with E-state index in [-0.39, 0.29) is 11.9 Å². The lowest BCUT2D eigenvalue weighted by atomic mass is 9.93. The summed E-state index contributed by atoms with van der Waals surface area (Å²) in [6.07, 6.45) is 5.06. The SMILES string of the molecule is CC1CC(c2ccc(F)cc2)CN1C(=O)CCC1CCNCC1. The van der Waals surface area contributed by atoms with E-state index in [2.05, 4.69) is 12.2 Å². The number of likely N-dealkylation sites (tertiary alicyclic amines) is 1. The minimum absolute atomic E-state index is 0.199. The molecule has 3 nitrogen and oxygen atoms in total. The standard InChI is InChI=1S/C19H27FN2O/c1-14-12-17(16-3-5-18(20)6-4-16)13-22(14)19(23)7-2-15-8-10-21-11-9-15/h3-6,14-15,17,21H,2,7-13H2,1H3. The third-order valence-corrected chi connectivity index (χ3v) is 5.46. The largest absolute Gasteiger partial charge is 0.339 e. The van der Waals surface area contributed by atoms with Gasteiger partial charge in [-0.3, -0.25) is 4.79 Å². The number of benzene rings is 1. The second-order valence-electron chi connectivity index (χ2n) is 7.11. The molecule has 1 N–H and O–H groups in total. The van der Waals surface area contributed by atoms with Gasteiger partial charge in [0.05, 0.1) is 0 Å². The number of amides is 1. The number of hydrogen-bond acceptors (Lipinski definition) is 2. The quantitative estimate of drug-likeness (QED) is 0.924. The first-order valence-corrected chi connectivity index (χ1v) is 8.89. The average molecular weight is 318 g/mol. The molecule has 1 aromatic rings. The van der Waals surface area contributed by atoms with Gasteiger partial charge in [-0.05, 0) is 69.3 Å². The summed E-state index contributed by atoms with van der Waals surface area (Å²) >= 11 is 0. The van der Waals surface area contributed by atoms with Crippen LogP contribution in [0.4, 0.5) is 4.39 Å². The zero-order valence-corrected chi connectivity index (χ0v) is 13.9. The fourth-order valence-electron chi connectivity index (χ4n) is 4.00. The van der Waals surface area contributed by atoms with Crippen LogP contribution in [-0.4, -0.2) is 36.5 Å². The van der Waals surface area contributed by atoms with Gasteiger partial charge < -0.3 is 10.2 Å². The van der Waals surface area contributed by atoms with Crippen molar-refractivity contribution in [2.24, 2.45) is 5.92 Å². The van der Waals surface area contributed by atoms with Gasteiger partial charge in [-0.15, -0.1) is 0 Å². The van der Waals surface area contributed by atoms with Crippen molar-refractivity contribution in [1.82, 2.24) is 10.2 Å². The normalized spacial score (nSPS) is 25.7. The third-order valence-electron chi connectivity index (χ3n) is 5.46. The van der Waals surface area contributed by atoms with Gasteiger partial charge >= 0.3 is 0 Å². The van der Waals surface area contributed by atoms with E-state index >= 15 is 0 Å². The maximum absolute atomic E-state index is 13.1. The molecular formula is C19H27FN2O. The molecule has 0 saturated carbocycles. The molecule has 2 unspecified atom stereocenters. The molecule has 0 aromatic heterocycles. The van der Waals surface area contributed by atoms with Gasteiger partial charge in [-0.25, -0.2) is 4.39 Å². The summed E-state index contributed by atoms with van der Waals surface area (Å²) in [6, 6.07) is 7.03. The van der Waals surface area contributed by atoms with E-state index in [1.807, 2.05) is 17.0 Å². The number of rotatable bonds is 4. The number of nitrogens with zero attached hydrogens (tertiary/aromatic N) is 1. The smallest absolute Gasteiger partial charge is 0.222 e. The molecule has 0 spiro atoms. The van der Waals surface area contributed by atoms with Crippen molar-refractivity contribution < 1.29 is 9.18 Å².